The third-order valence-corrected chi connectivity index (χ3v) is 3.22. The molecule has 0 aliphatic rings. The maximum Gasteiger partial charge on any atom is 0.152 e. The van der Waals surface area contributed by atoms with Gasteiger partial charge in [0.25, 0.3) is 0 Å². The molecular formula is C12H12BrN5. The number of nitrogens with one attached hydrogen (secondary N) is 1. The van der Waals surface area contributed by atoms with E-state index in [9.17, 15) is 0 Å². The van der Waals surface area contributed by atoms with Gasteiger partial charge in [-0.05, 0) is 25.1 Å². The number of hydrogen-bond acceptors (Lipinski definition) is 4. The summed E-state index contributed by atoms with van der Waals surface area (Å²) in [6.45, 7) is 2.43. The Balaban J connectivity index is 2.18. The fourth-order valence-corrected chi connectivity index (χ4v) is 1.90. The lowest BCUT2D eigenvalue weighted by Gasteiger charge is -2.08. The minimum absolute atomic E-state index is 0.530. The number of nitriles is 1. The van der Waals surface area contributed by atoms with Gasteiger partial charge in [-0.2, -0.15) is 5.26 Å². The van der Waals surface area contributed by atoms with Crippen molar-refractivity contribution in [3.05, 3.63) is 39.9 Å². The van der Waals surface area contributed by atoms with Crippen LogP contribution >= 0.6 is 15.9 Å². The van der Waals surface area contributed by atoms with Gasteiger partial charge in [-0.1, -0.05) is 15.9 Å². The number of halogens is 1. The van der Waals surface area contributed by atoms with Crippen molar-refractivity contribution in [1.29, 1.82) is 5.26 Å². The highest BCUT2D eigenvalue weighted by atomic mass is 79.9. The number of anilines is 1. The Bertz CT molecular complexity index is 611. The van der Waals surface area contributed by atoms with E-state index in [-0.39, 0.29) is 0 Å². The lowest BCUT2D eigenvalue weighted by Crippen LogP contribution is -2.07. The van der Waals surface area contributed by atoms with E-state index in [4.69, 9.17) is 5.26 Å². The van der Waals surface area contributed by atoms with E-state index >= 15 is 0 Å². The first-order valence-electron chi connectivity index (χ1n) is 5.40. The van der Waals surface area contributed by atoms with Crippen LogP contribution < -0.4 is 5.32 Å². The Kier molecular flexibility index (Phi) is 3.63. The summed E-state index contributed by atoms with van der Waals surface area (Å²) in [7, 11) is 1.92. The molecule has 1 aromatic carbocycles. The molecule has 1 heterocycles. The molecule has 0 radical (unpaired) electrons. The molecule has 0 bridgehead atoms. The van der Waals surface area contributed by atoms with Crippen molar-refractivity contribution in [2.45, 2.75) is 13.5 Å². The third-order valence-electron chi connectivity index (χ3n) is 2.72. The highest BCUT2D eigenvalue weighted by molar-refractivity contribution is 9.10. The Morgan fingerprint density at radius 3 is 2.83 bits per heavy atom. The second-order valence-corrected chi connectivity index (χ2v) is 4.79. The van der Waals surface area contributed by atoms with Crippen molar-refractivity contribution in [2.24, 2.45) is 7.05 Å². The molecule has 0 saturated carbocycles. The van der Waals surface area contributed by atoms with Gasteiger partial charge in [0.15, 0.2) is 5.82 Å². The van der Waals surface area contributed by atoms with Crippen molar-refractivity contribution >= 4 is 21.6 Å². The van der Waals surface area contributed by atoms with Crippen LogP contribution in [0.5, 0.6) is 0 Å². The van der Waals surface area contributed by atoms with E-state index in [1.807, 2.05) is 30.7 Å². The molecule has 1 N–H and O–H groups in total. The molecule has 0 aliphatic carbocycles. The molecular weight excluding hydrogens is 294 g/mol. The van der Waals surface area contributed by atoms with Gasteiger partial charge < -0.3 is 9.88 Å². The molecule has 0 saturated heterocycles. The van der Waals surface area contributed by atoms with Crippen molar-refractivity contribution in [3.63, 3.8) is 0 Å². The third kappa shape index (κ3) is 2.51. The van der Waals surface area contributed by atoms with Gasteiger partial charge in [-0.15, -0.1) is 10.2 Å². The lowest BCUT2D eigenvalue weighted by molar-refractivity contribution is 0.789. The average Bonchev–Trinajstić information content (AvgIpc) is 2.68. The van der Waals surface area contributed by atoms with E-state index in [1.165, 1.54) is 0 Å². The predicted molar refractivity (Wildman–Crippen MR) is 71.9 cm³/mol. The zero-order chi connectivity index (χ0) is 13.1. The maximum atomic E-state index is 9.03. The zero-order valence-electron chi connectivity index (χ0n) is 10.1. The van der Waals surface area contributed by atoms with Gasteiger partial charge in [0, 0.05) is 11.5 Å². The first kappa shape index (κ1) is 12.6. The number of nitrogens with zero attached hydrogens (tertiary/aromatic N) is 4. The molecule has 0 fully saturated rings. The monoisotopic (exact) mass is 305 g/mol. The quantitative estimate of drug-likeness (QED) is 0.945. The van der Waals surface area contributed by atoms with Crippen LogP contribution in [0.15, 0.2) is 22.7 Å². The molecule has 18 heavy (non-hydrogen) atoms. The average molecular weight is 306 g/mol. The highest BCUT2D eigenvalue weighted by Crippen LogP contribution is 2.21. The molecule has 5 nitrogen and oxygen atoms in total. The Labute approximate surface area is 114 Å². The smallest absolute Gasteiger partial charge is 0.152 e. The predicted octanol–water partition coefficient (Wildman–Crippen LogP) is 2.37. The summed E-state index contributed by atoms with van der Waals surface area (Å²) in [5, 5.41) is 20.3. The minimum Gasteiger partial charge on any atom is -0.377 e. The second-order valence-electron chi connectivity index (χ2n) is 3.88. The second kappa shape index (κ2) is 5.19. The van der Waals surface area contributed by atoms with Gasteiger partial charge in [0.1, 0.15) is 11.9 Å². The normalized spacial score (nSPS) is 10.1. The molecule has 0 unspecified atom stereocenters. The van der Waals surface area contributed by atoms with Crippen LogP contribution in [0.1, 0.15) is 17.2 Å². The van der Waals surface area contributed by atoms with Crippen LogP contribution in [-0.4, -0.2) is 14.8 Å². The van der Waals surface area contributed by atoms with Crippen molar-refractivity contribution in [1.82, 2.24) is 14.8 Å². The maximum absolute atomic E-state index is 9.03. The Morgan fingerprint density at radius 1 is 1.44 bits per heavy atom. The number of rotatable bonds is 3. The summed E-state index contributed by atoms with van der Waals surface area (Å²) >= 11 is 3.39. The molecule has 1 aromatic heterocycles. The number of aryl methyl sites for hydroxylation is 1. The molecule has 92 valence electrons. The molecule has 0 amide bonds. The number of benzene rings is 1. The molecule has 0 spiro atoms. The van der Waals surface area contributed by atoms with E-state index in [0.29, 0.717) is 12.1 Å². The fourth-order valence-electron chi connectivity index (χ4n) is 1.54. The largest absolute Gasteiger partial charge is 0.377 e. The topological polar surface area (TPSA) is 66.5 Å². The van der Waals surface area contributed by atoms with Gasteiger partial charge in [-0.25, -0.2) is 0 Å². The summed E-state index contributed by atoms with van der Waals surface area (Å²) in [6, 6.07) is 7.65. The van der Waals surface area contributed by atoms with Crippen LogP contribution in [0, 0.1) is 18.3 Å². The molecule has 6 heteroatoms. The van der Waals surface area contributed by atoms with Gasteiger partial charge >= 0.3 is 0 Å². The Morgan fingerprint density at radius 2 is 2.22 bits per heavy atom. The first-order valence-corrected chi connectivity index (χ1v) is 6.19. The zero-order valence-corrected chi connectivity index (χ0v) is 11.7. The van der Waals surface area contributed by atoms with E-state index in [1.54, 1.807) is 6.07 Å². The standard InChI is InChI=1S/C12H12BrN5/c1-8-16-17-12(18(8)2)7-15-11-5-10(13)4-3-9(11)6-14/h3-5,15H,7H2,1-2H3. The number of hydrogen-bond donors (Lipinski definition) is 1. The molecule has 0 atom stereocenters. The number of aromatic nitrogens is 3. The van der Waals surface area contributed by atoms with Crippen molar-refractivity contribution < 1.29 is 0 Å². The van der Waals surface area contributed by atoms with Crippen molar-refractivity contribution in [3.8, 4) is 6.07 Å². The summed E-state index contributed by atoms with van der Waals surface area (Å²) < 4.78 is 2.84. The summed E-state index contributed by atoms with van der Waals surface area (Å²) in [5.74, 6) is 1.69. The fraction of sp³-hybridized carbons (Fsp3) is 0.250. The van der Waals surface area contributed by atoms with Gasteiger partial charge in [-0.3, -0.25) is 0 Å². The van der Waals surface area contributed by atoms with Crippen LogP contribution in [0.4, 0.5) is 5.69 Å². The van der Waals surface area contributed by atoms with E-state index in [0.717, 1.165) is 21.8 Å². The van der Waals surface area contributed by atoms with Crippen LogP contribution in [-0.2, 0) is 13.6 Å². The van der Waals surface area contributed by atoms with Crippen molar-refractivity contribution in [2.75, 3.05) is 5.32 Å². The summed E-state index contributed by atoms with van der Waals surface area (Å²) in [5.41, 5.74) is 1.39. The van der Waals surface area contributed by atoms with Crippen LogP contribution in [0.3, 0.4) is 0 Å². The summed E-state index contributed by atoms with van der Waals surface area (Å²) in [4.78, 5) is 0. The molecule has 2 rings (SSSR count). The minimum atomic E-state index is 0.530. The molecule has 0 aliphatic heterocycles. The van der Waals surface area contributed by atoms with Gasteiger partial charge in [0.05, 0.1) is 17.8 Å². The van der Waals surface area contributed by atoms with Crippen LogP contribution in [0.25, 0.3) is 0 Å². The van der Waals surface area contributed by atoms with E-state index in [2.05, 4.69) is 37.5 Å². The highest BCUT2D eigenvalue weighted by Gasteiger charge is 2.07. The first-order chi connectivity index (χ1) is 8.61. The molecule has 2 aromatic rings. The van der Waals surface area contributed by atoms with Gasteiger partial charge in [0.2, 0.25) is 0 Å². The van der Waals surface area contributed by atoms with Crippen LogP contribution in [0.2, 0.25) is 0 Å². The SMILES string of the molecule is Cc1nnc(CNc2cc(Br)ccc2C#N)n1C. The van der Waals surface area contributed by atoms with E-state index < -0.39 is 0 Å². The lowest BCUT2D eigenvalue weighted by atomic mass is 10.2. The Hall–Kier alpha value is -1.87. The summed E-state index contributed by atoms with van der Waals surface area (Å²) in [6.07, 6.45) is 0.